The molecule has 0 aromatic heterocycles. The van der Waals surface area contributed by atoms with Crippen LogP contribution in [0.5, 0.6) is 5.75 Å². The van der Waals surface area contributed by atoms with Gasteiger partial charge in [-0.2, -0.15) is 0 Å². The molecule has 6 heteroatoms. The second-order valence-electron chi connectivity index (χ2n) is 6.34. The fraction of sp³-hybridized carbons (Fsp3) is 0.529. The van der Waals surface area contributed by atoms with Gasteiger partial charge in [0.2, 0.25) is 0 Å². The zero-order valence-electron chi connectivity index (χ0n) is 13.6. The maximum atomic E-state index is 12.5. The van der Waals surface area contributed by atoms with Crippen molar-refractivity contribution in [3.63, 3.8) is 0 Å². The van der Waals surface area contributed by atoms with E-state index in [1.165, 1.54) is 0 Å². The number of hydrogen-bond acceptors (Lipinski definition) is 3. The highest BCUT2D eigenvalue weighted by Gasteiger charge is 2.49. The van der Waals surface area contributed by atoms with E-state index in [2.05, 4.69) is 0 Å². The molecule has 1 saturated heterocycles. The minimum atomic E-state index is -0.870. The number of carboxylic acid groups (broad SMARTS) is 1. The third-order valence-corrected chi connectivity index (χ3v) is 4.84. The summed E-state index contributed by atoms with van der Waals surface area (Å²) in [6, 6.07) is 6.85. The van der Waals surface area contributed by atoms with Crippen molar-refractivity contribution in [2.45, 2.75) is 33.3 Å². The molecule has 5 nitrogen and oxygen atoms in total. The van der Waals surface area contributed by atoms with Gasteiger partial charge >= 0.3 is 5.97 Å². The van der Waals surface area contributed by atoms with Gasteiger partial charge in [-0.05, 0) is 37.5 Å². The van der Waals surface area contributed by atoms with Crippen molar-refractivity contribution in [2.75, 3.05) is 13.1 Å². The number of nitrogens with zero attached hydrogens (tertiary/aromatic N) is 1. The number of likely N-dealkylation sites (tertiary alicyclic amines) is 1. The van der Waals surface area contributed by atoms with Crippen molar-refractivity contribution in [3.05, 3.63) is 29.3 Å². The number of hydrogen-bond donors (Lipinski definition) is 1. The molecule has 1 heterocycles. The highest BCUT2D eigenvalue weighted by Crippen LogP contribution is 2.38. The Balaban J connectivity index is 2.05. The molecule has 1 aliphatic heterocycles. The van der Waals surface area contributed by atoms with Crippen LogP contribution in [0.1, 0.15) is 27.2 Å². The molecule has 1 N–H and O–H groups in total. The largest absolute Gasteiger partial charge is 0.481 e. The number of aliphatic carboxylic acids is 1. The van der Waals surface area contributed by atoms with E-state index in [9.17, 15) is 14.7 Å². The SMILES string of the molecule is CC(Oc1cccc(Cl)c1)C(=O)N1CCC(C(=O)O)(C(C)C)C1. The van der Waals surface area contributed by atoms with E-state index in [-0.39, 0.29) is 18.4 Å². The van der Waals surface area contributed by atoms with Crippen molar-refractivity contribution in [3.8, 4) is 5.75 Å². The van der Waals surface area contributed by atoms with Crippen LogP contribution in [-0.2, 0) is 9.59 Å². The number of rotatable bonds is 5. The van der Waals surface area contributed by atoms with Gasteiger partial charge in [-0.25, -0.2) is 0 Å². The van der Waals surface area contributed by atoms with E-state index in [0.29, 0.717) is 23.7 Å². The van der Waals surface area contributed by atoms with Crippen LogP contribution >= 0.6 is 11.6 Å². The molecule has 1 aromatic rings. The zero-order chi connectivity index (χ0) is 17.2. The first-order chi connectivity index (χ1) is 10.8. The molecule has 0 bridgehead atoms. The predicted molar refractivity (Wildman–Crippen MR) is 87.6 cm³/mol. The van der Waals surface area contributed by atoms with E-state index in [4.69, 9.17) is 16.3 Å². The number of halogens is 1. The Labute approximate surface area is 141 Å². The zero-order valence-corrected chi connectivity index (χ0v) is 14.3. The van der Waals surface area contributed by atoms with Gasteiger partial charge in [0.15, 0.2) is 6.10 Å². The summed E-state index contributed by atoms with van der Waals surface area (Å²) in [6.45, 7) is 6.09. The van der Waals surface area contributed by atoms with Crippen molar-refractivity contribution in [1.29, 1.82) is 0 Å². The Kier molecular flexibility index (Phi) is 5.19. The van der Waals surface area contributed by atoms with E-state index < -0.39 is 17.5 Å². The summed E-state index contributed by atoms with van der Waals surface area (Å²) in [6.07, 6.45) is -0.222. The fourth-order valence-corrected chi connectivity index (χ4v) is 3.15. The van der Waals surface area contributed by atoms with Crippen LogP contribution in [0.25, 0.3) is 0 Å². The summed E-state index contributed by atoms with van der Waals surface area (Å²) >= 11 is 5.90. The van der Waals surface area contributed by atoms with Crippen LogP contribution in [0.15, 0.2) is 24.3 Å². The highest BCUT2D eigenvalue weighted by molar-refractivity contribution is 6.30. The second-order valence-corrected chi connectivity index (χ2v) is 6.78. The molecule has 0 saturated carbocycles. The Morgan fingerprint density at radius 3 is 2.57 bits per heavy atom. The van der Waals surface area contributed by atoms with E-state index in [0.717, 1.165) is 0 Å². The molecule has 2 unspecified atom stereocenters. The fourth-order valence-electron chi connectivity index (χ4n) is 2.97. The Morgan fingerprint density at radius 1 is 1.35 bits per heavy atom. The van der Waals surface area contributed by atoms with Crippen LogP contribution < -0.4 is 4.74 Å². The van der Waals surface area contributed by atoms with Gasteiger partial charge in [-0.15, -0.1) is 0 Å². The summed E-state index contributed by atoms with van der Waals surface area (Å²) < 4.78 is 5.64. The van der Waals surface area contributed by atoms with Crippen molar-refractivity contribution in [1.82, 2.24) is 4.90 Å². The molecule has 0 radical (unpaired) electrons. The highest BCUT2D eigenvalue weighted by atomic mass is 35.5. The topological polar surface area (TPSA) is 66.8 Å². The van der Waals surface area contributed by atoms with E-state index >= 15 is 0 Å². The molecule has 1 amide bonds. The predicted octanol–water partition coefficient (Wildman–Crippen LogP) is 3.07. The standard InChI is InChI=1S/C17H22ClNO4/c1-11(2)17(16(21)22)7-8-19(10-17)15(20)12(3)23-14-6-4-5-13(18)9-14/h4-6,9,11-12H,7-8,10H2,1-3H3,(H,21,22). The third-order valence-electron chi connectivity index (χ3n) is 4.60. The number of carbonyl (C=O) groups is 2. The molecule has 2 atom stereocenters. The lowest BCUT2D eigenvalue weighted by molar-refractivity contribution is -0.151. The van der Waals surface area contributed by atoms with E-state index in [1.54, 1.807) is 36.1 Å². The lowest BCUT2D eigenvalue weighted by Crippen LogP contribution is -2.44. The number of carbonyl (C=O) groups excluding carboxylic acids is 1. The maximum Gasteiger partial charge on any atom is 0.311 e. The van der Waals surface area contributed by atoms with E-state index in [1.807, 2.05) is 13.8 Å². The van der Waals surface area contributed by atoms with Gasteiger partial charge in [-0.3, -0.25) is 9.59 Å². The van der Waals surface area contributed by atoms with Gasteiger partial charge in [0.05, 0.1) is 5.41 Å². The van der Waals surface area contributed by atoms with Crippen LogP contribution in [-0.4, -0.2) is 41.1 Å². The smallest absolute Gasteiger partial charge is 0.311 e. The number of ether oxygens (including phenoxy) is 1. The Hall–Kier alpha value is -1.75. The van der Waals surface area contributed by atoms with Crippen molar-refractivity contribution in [2.24, 2.45) is 11.3 Å². The van der Waals surface area contributed by atoms with Crippen LogP contribution in [0, 0.1) is 11.3 Å². The first-order valence-electron chi connectivity index (χ1n) is 7.70. The molecule has 2 rings (SSSR count). The van der Waals surface area contributed by atoms with Crippen molar-refractivity contribution < 1.29 is 19.4 Å². The molecular weight excluding hydrogens is 318 g/mol. The molecule has 1 aromatic carbocycles. The van der Waals surface area contributed by atoms with Gasteiger partial charge in [-0.1, -0.05) is 31.5 Å². The molecular formula is C17H22ClNO4. The monoisotopic (exact) mass is 339 g/mol. The molecule has 0 aliphatic carbocycles. The molecule has 1 aliphatic rings. The minimum absolute atomic E-state index is 0.0399. The van der Waals surface area contributed by atoms with Crippen LogP contribution in [0.2, 0.25) is 5.02 Å². The summed E-state index contributed by atoms with van der Waals surface area (Å²) in [5.74, 6) is -0.562. The second kappa shape index (κ2) is 6.79. The Morgan fingerprint density at radius 2 is 2.04 bits per heavy atom. The molecule has 23 heavy (non-hydrogen) atoms. The molecule has 1 fully saturated rings. The first-order valence-corrected chi connectivity index (χ1v) is 8.08. The average Bonchev–Trinajstić information content (AvgIpc) is 2.93. The van der Waals surface area contributed by atoms with Crippen LogP contribution in [0.3, 0.4) is 0 Å². The Bertz CT molecular complexity index is 604. The lowest BCUT2D eigenvalue weighted by Gasteiger charge is -2.29. The summed E-state index contributed by atoms with van der Waals surface area (Å²) in [4.78, 5) is 25.8. The van der Waals surface area contributed by atoms with Gasteiger partial charge < -0.3 is 14.7 Å². The number of amides is 1. The lowest BCUT2D eigenvalue weighted by atomic mass is 9.76. The number of carboxylic acids is 1. The van der Waals surface area contributed by atoms with Crippen LogP contribution in [0.4, 0.5) is 0 Å². The van der Waals surface area contributed by atoms with Gasteiger partial charge in [0.25, 0.3) is 5.91 Å². The van der Waals surface area contributed by atoms with Gasteiger partial charge in [0.1, 0.15) is 5.75 Å². The minimum Gasteiger partial charge on any atom is -0.481 e. The normalized spacial score (nSPS) is 22.2. The quantitative estimate of drug-likeness (QED) is 0.895. The van der Waals surface area contributed by atoms with Gasteiger partial charge in [0, 0.05) is 18.1 Å². The average molecular weight is 340 g/mol. The van der Waals surface area contributed by atoms with Crippen molar-refractivity contribution >= 4 is 23.5 Å². The summed E-state index contributed by atoms with van der Waals surface area (Å²) in [5.41, 5.74) is -0.870. The molecule has 0 spiro atoms. The summed E-state index contributed by atoms with van der Waals surface area (Å²) in [5, 5.41) is 10.1. The molecule has 126 valence electrons. The third kappa shape index (κ3) is 3.61. The maximum absolute atomic E-state index is 12.5. The first kappa shape index (κ1) is 17.6. The summed E-state index contributed by atoms with van der Waals surface area (Å²) in [7, 11) is 0. The number of benzene rings is 1.